The number of hydrogen-bond donors (Lipinski definition) is 2. The van der Waals surface area contributed by atoms with Crippen LogP contribution in [-0.2, 0) is 4.79 Å². The Morgan fingerprint density at radius 2 is 1.83 bits per heavy atom. The van der Waals surface area contributed by atoms with E-state index in [0.717, 1.165) is 28.1 Å². The summed E-state index contributed by atoms with van der Waals surface area (Å²) in [6.45, 7) is 6.43. The van der Waals surface area contributed by atoms with Gasteiger partial charge in [-0.05, 0) is 49.6 Å². The van der Waals surface area contributed by atoms with Gasteiger partial charge in [0.1, 0.15) is 5.75 Å². The molecule has 4 nitrogen and oxygen atoms in total. The van der Waals surface area contributed by atoms with E-state index in [1.165, 1.54) is 0 Å². The van der Waals surface area contributed by atoms with Gasteiger partial charge in [0.25, 0.3) is 0 Å². The third-order valence-corrected chi connectivity index (χ3v) is 4.22. The topological polar surface area (TPSA) is 50.4 Å². The number of halogens is 1. The normalized spacial score (nSPS) is 10.4. The molecule has 0 spiro atoms. The van der Waals surface area contributed by atoms with Gasteiger partial charge >= 0.3 is 0 Å². The summed E-state index contributed by atoms with van der Waals surface area (Å²) in [5.41, 5.74) is 4.82. The van der Waals surface area contributed by atoms with Gasteiger partial charge in [-0.15, -0.1) is 0 Å². The minimum Gasteiger partial charge on any atom is -0.495 e. The van der Waals surface area contributed by atoms with E-state index in [-0.39, 0.29) is 5.91 Å². The van der Waals surface area contributed by atoms with E-state index in [1.54, 1.807) is 13.2 Å². The first-order chi connectivity index (χ1) is 11.4. The van der Waals surface area contributed by atoms with Gasteiger partial charge in [-0.1, -0.05) is 23.7 Å². The van der Waals surface area contributed by atoms with Crippen molar-refractivity contribution in [3.8, 4) is 5.75 Å². The maximum atomic E-state index is 12.1. The standard InChI is InChI=1S/C19H23ClN2O2/c1-12-5-6-13(2)16(9-12)22-19(23)7-8-21-17-10-14(3)15(20)11-18(17)24-4/h5-6,9-11,21H,7-8H2,1-4H3,(H,22,23). The van der Waals surface area contributed by atoms with Crippen molar-refractivity contribution in [2.75, 3.05) is 24.3 Å². The van der Waals surface area contributed by atoms with Crippen molar-refractivity contribution in [1.29, 1.82) is 0 Å². The largest absolute Gasteiger partial charge is 0.495 e. The predicted molar refractivity (Wildman–Crippen MR) is 100 cm³/mol. The van der Waals surface area contributed by atoms with Crippen LogP contribution in [0.5, 0.6) is 5.75 Å². The van der Waals surface area contributed by atoms with Gasteiger partial charge in [-0.3, -0.25) is 4.79 Å². The van der Waals surface area contributed by atoms with Gasteiger partial charge < -0.3 is 15.4 Å². The number of anilines is 2. The summed E-state index contributed by atoms with van der Waals surface area (Å²) in [7, 11) is 1.60. The Labute approximate surface area is 148 Å². The average molecular weight is 347 g/mol. The van der Waals surface area contributed by atoms with Gasteiger partial charge in [0, 0.05) is 29.7 Å². The number of ether oxygens (including phenoxy) is 1. The van der Waals surface area contributed by atoms with Crippen molar-refractivity contribution in [2.45, 2.75) is 27.2 Å². The van der Waals surface area contributed by atoms with E-state index in [9.17, 15) is 4.79 Å². The molecule has 2 aromatic carbocycles. The first-order valence-corrected chi connectivity index (χ1v) is 8.23. The molecular weight excluding hydrogens is 324 g/mol. The molecule has 0 fully saturated rings. The van der Waals surface area contributed by atoms with Crippen molar-refractivity contribution >= 4 is 28.9 Å². The molecule has 0 atom stereocenters. The highest BCUT2D eigenvalue weighted by Gasteiger charge is 2.09. The molecule has 0 aromatic heterocycles. The van der Waals surface area contributed by atoms with Crippen molar-refractivity contribution < 1.29 is 9.53 Å². The second-order valence-corrected chi connectivity index (χ2v) is 6.25. The summed E-state index contributed by atoms with van der Waals surface area (Å²) < 4.78 is 5.32. The second kappa shape index (κ2) is 8.06. The number of methoxy groups -OCH3 is 1. The fourth-order valence-electron chi connectivity index (χ4n) is 2.36. The van der Waals surface area contributed by atoms with E-state index < -0.39 is 0 Å². The average Bonchev–Trinajstić information content (AvgIpc) is 2.54. The van der Waals surface area contributed by atoms with Gasteiger partial charge in [0.15, 0.2) is 0 Å². The Hall–Kier alpha value is -2.20. The molecule has 128 valence electrons. The smallest absolute Gasteiger partial charge is 0.226 e. The van der Waals surface area contributed by atoms with Crippen LogP contribution in [0.4, 0.5) is 11.4 Å². The number of rotatable bonds is 6. The zero-order chi connectivity index (χ0) is 17.7. The molecule has 24 heavy (non-hydrogen) atoms. The molecule has 0 aliphatic heterocycles. The van der Waals surface area contributed by atoms with Crippen LogP contribution in [0.3, 0.4) is 0 Å². The molecular formula is C19H23ClN2O2. The molecule has 2 aromatic rings. The highest BCUT2D eigenvalue weighted by Crippen LogP contribution is 2.30. The predicted octanol–water partition coefficient (Wildman–Crippen LogP) is 4.71. The van der Waals surface area contributed by atoms with Crippen LogP contribution >= 0.6 is 11.6 Å². The summed E-state index contributed by atoms with van der Waals surface area (Å²) >= 11 is 6.09. The Morgan fingerprint density at radius 1 is 1.08 bits per heavy atom. The second-order valence-electron chi connectivity index (χ2n) is 5.85. The van der Waals surface area contributed by atoms with Crippen LogP contribution in [0.25, 0.3) is 0 Å². The van der Waals surface area contributed by atoms with Crippen LogP contribution in [0.2, 0.25) is 5.02 Å². The summed E-state index contributed by atoms with van der Waals surface area (Å²) in [5.74, 6) is 0.640. The molecule has 0 heterocycles. The van der Waals surface area contributed by atoms with Crippen molar-refractivity contribution in [2.24, 2.45) is 0 Å². The number of aryl methyl sites for hydroxylation is 3. The summed E-state index contributed by atoms with van der Waals surface area (Å²) in [5, 5.41) is 6.84. The number of benzene rings is 2. The molecule has 5 heteroatoms. The lowest BCUT2D eigenvalue weighted by Crippen LogP contribution is -2.17. The third kappa shape index (κ3) is 4.65. The third-order valence-electron chi connectivity index (χ3n) is 3.82. The van der Waals surface area contributed by atoms with E-state index >= 15 is 0 Å². The number of nitrogens with one attached hydrogen (secondary N) is 2. The van der Waals surface area contributed by atoms with E-state index in [0.29, 0.717) is 23.7 Å². The minimum atomic E-state index is -0.0270. The summed E-state index contributed by atoms with van der Waals surface area (Å²) in [6.07, 6.45) is 0.359. The highest BCUT2D eigenvalue weighted by atomic mass is 35.5. The van der Waals surface area contributed by atoms with Gasteiger partial charge in [-0.2, -0.15) is 0 Å². The van der Waals surface area contributed by atoms with Crippen molar-refractivity contribution in [1.82, 2.24) is 0 Å². The van der Waals surface area contributed by atoms with Crippen LogP contribution < -0.4 is 15.4 Å². The fourth-order valence-corrected chi connectivity index (χ4v) is 2.52. The van der Waals surface area contributed by atoms with E-state index in [2.05, 4.69) is 10.6 Å². The summed E-state index contributed by atoms with van der Waals surface area (Å²) in [4.78, 5) is 12.1. The molecule has 0 saturated carbocycles. The molecule has 2 N–H and O–H groups in total. The highest BCUT2D eigenvalue weighted by molar-refractivity contribution is 6.31. The lowest BCUT2D eigenvalue weighted by atomic mass is 10.1. The van der Waals surface area contributed by atoms with Crippen molar-refractivity contribution in [3.05, 3.63) is 52.0 Å². The number of amides is 1. The lowest BCUT2D eigenvalue weighted by Gasteiger charge is -2.13. The molecule has 0 bridgehead atoms. The Balaban J connectivity index is 1.93. The Bertz CT molecular complexity index is 744. The molecule has 0 aliphatic rings. The first-order valence-electron chi connectivity index (χ1n) is 7.86. The van der Waals surface area contributed by atoms with E-state index in [4.69, 9.17) is 16.3 Å². The molecule has 0 aliphatic carbocycles. The Kier molecular flexibility index (Phi) is 6.10. The van der Waals surface area contributed by atoms with Crippen LogP contribution in [-0.4, -0.2) is 19.6 Å². The van der Waals surface area contributed by atoms with Crippen molar-refractivity contribution in [3.63, 3.8) is 0 Å². The minimum absolute atomic E-state index is 0.0270. The zero-order valence-electron chi connectivity index (χ0n) is 14.5. The molecule has 0 saturated heterocycles. The maximum absolute atomic E-state index is 12.1. The number of carbonyl (C=O) groups excluding carboxylic acids is 1. The zero-order valence-corrected chi connectivity index (χ0v) is 15.3. The molecule has 0 unspecified atom stereocenters. The van der Waals surface area contributed by atoms with Crippen LogP contribution in [0.15, 0.2) is 30.3 Å². The lowest BCUT2D eigenvalue weighted by molar-refractivity contribution is -0.115. The molecule has 1 amide bonds. The van der Waals surface area contributed by atoms with E-state index in [1.807, 2.05) is 45.0 Å². The first kappa shape index (κ1) is 18.1. The SMILES string of the molecule is COc1cc(Cl)c(C)cc1NCCC(=O)Nc1cc(C)ccc1C. The van der Waals surface area contributed by atoms with Gasteiger partial charge in [0.05, 0.1) is 12.8 Å². The maximum Gasteiger partial charge on any atom is 0.226 e. The molecule has 2 rings (SSSR count). The number of carbonyl (C=O) groups is 1. The van der Waals surface area contributed by atoms with Crippen LogP contribution in [0.1, 0.15) is 23.1 Å². The summed E-state index contributed by atoms with van der Waals surface area (Å²) in [6, 6.07) is 9.71. The van der Waals surface area contributed by atoms with Gasteiger partial charge in [0.2, 0.25) is 5.91 Å². The monoisotopic (exact) mass is 346 g/mol. The molecule has 0 radical (unpaired) electrons. The Morgan fingerprint density at radius 3 is 2.54 bits per heavy atom. The van der Waals surface area contributed by atoms with Crippen LogP contribution in [0, 0.1) is 20.8 Å². The number of hydrogen-bond acceptors (Lipinski definition) is 3. The van der Waals surface area contributed by atoms with Gasteiger partial charge in [-0.25, -0.2) is 0 Å². The quantitative estimate of drug-likeness (QED) is 0.796. The fraction of sp³-hybridized carbons (Fsp3) is 0.316.